The van der Waals surface area contributed by atoms with Crippen molar-refractivity contribution in [2.75, 3.05) is 40.4 Å². The van der Waals surface area contributed by atoms with E-state index in [4.69, 9.17) is 4.74 Å². The summed E-state index contributed by atoms with van der Waals surface area (Å²) < 4.78 is 5.04. The summed E-state index contributed by atoms with van der Waals surface area (Å²) in [6.45, 7) is 3.70. The zero-order valence-electron chi connectivity index (χ0n) is 11.3. The molecule has 17 heavy (non-hydrogen) atoms. The van der Waals surface area contributed by atoms with Gasteiger partial charge in [0, 0.05) is 32.8 Å². The molecule has 0 aromatic heterocycles. The molecule has 0 aromatic carbocycles. The van der Waals surface area contributed by atoms with E-state index in [1.54, 1.807) is 7.11 Å². The molecule has 102 valence electrons. The van der Waals surface area contributed by atoms with Gasteiger partial charge in [-0.25, -0.2) is 0 Å². The van der Waals surface area contributed by atoms with Crippen molar-refractivity contribution in [2.45, 2.75) is 44.2 Å². The molecule has 0 spiro atoms. The van der Waals surface area contributed by atoms with E-state index < -0.39 is 0 Å². The van der Waals surface area contributed by atoms with Gasteiger partial charge in [0.2, 0.25) is 0 Å². The van der Waals surface area contributed by atoms with Gasteiger partial charge >= 0.3 is 0 Å². The smallest absolute Gasteiger partial charge is 0.0693 e. The van der Waals surface area contributed by atoms with Gasteiger partial charge in [0.05, 0.1) is 12.7 Å². The lowest BCUT2D eigenvalue weighted by Gasteiger charge is -2.23. The summed E-state index contributed by atoms with van der Waals surface area (Å²) in [5.41, 5.74) is 0. The lowest BCUT2D eigenvalue weighted by Crippen LogP contribution is -2.42. The summed E-state index contributed by atoms with van der Waals surface area (Å²) >= 11 is 0. The molecule has 1 saturated carbocycles. The number of aliphatic hydroxyl groups excluding tert-OH is 1. The molecule has 1 rings (SSSR count). The Labute approximate surface area is 105 Å². The van der Waals surface area contributed by atoms with Crippen LogP contribution in [0, 0.1) is 0 Å². The summed E-state index contributed by atoms with van der Waals surface area (Å²) in [5, 5.41) is 13.4. The van der Waals surface area contributed by atoms with Crippen LogP contribution in [-0.4, -0.2) is 62.6 Å². The number of nitrogens with zero attached hydrogens (tertiary/aromatic N) is 1. The fourth-order valence-electron chi connectivity index (χ4n) is 2.33. The zero-order chi connectivity index (χ0) is 12.5. The SMILES string of the molecule is COCCN(C)CCNC1CCCCCC1O. The van der Waals surface area contributed by atoms with Crippen molar-refractivity contribution in [3.63, 3.8) is 0 Å². The first-order chi connectivity index (χ1) is 8.24. The van der Waals surface area contributed by atoms with Crippen LogP contribution >= 0.6 is 0 Å². The van der Waals surface area contributed by atoms with Crippen molar-refractivity contribution >= 4 is 0 Å². The zero-order valence-corrected chi connectivity index (χ0v) is 11.3. The largest absolute Gasteiger partial charge is 0.392 e. The second kappa shape index (κ2) is 8.86. The molecule has 1 aliphatic rings. The second-order valence-corrected chi connectivity index (χ2v) is 5.06. The summed E-state index contributed by atoms with van der Waals surface area (Å²) in [6, 6.07) is 0.299. The van der Waals surface area contributed by atoms with Crippen molar-refractivity contribution in [3.05, 3.63) is 0 Å². The standard InChI is InChI=1S/C13H28N2O2/c1-15(10-11-17-2)9-8-14-12-6-4-3-5-7-13(12)16/h12-14,16H,3-11H2,1-2H3. The van der Waals surface area contributed by atoms with Gasteiger partial charge in [-0.3, -0.25) is 0 Å². The molecule has 1 fully saturated rings. The van der Waals surface area contributed by atoms with E-state index in [2.05, 4.69) is 17.3 Å². The van der Waals surface area contributed by atoms with Gasteiger partial charge in [-0.1, -0.05) is 19.3 Å². The van der Waals surface area contributed by atoms with Gasteiger partial charge in [-0.05, 0) is 19.9 Å². The number of hydrogen-bond acceptors (Lipinski definition) is 4. The lowest BCUT2D eigenvalue weighted by molar-refractivity contribution is 0.116. The monoisotopic (exact) mass is 244 g/mol. The molecule has 2 atom stereocenters. The van der Waals surface area contributed by atoms with Gasteiger partial charge in [-0.2, -0.15) is 0 Å². The maximum atomic E-state index is 9.96. The quantitative estimate of drug-likeness (QED) is 0.652. The molecular weight excluding hydrogens is 216 g/mol. The summed E-state index contributed by atoms with van der Waals surface area (Å²) in [4.78, 5) is 2.25. The molecule has 2 N–H and O–H groups in total. The number of aliphatic hydroxyl groups is 1. The first-order valence-electron chi connectivity index (χ1n) is 6.83. The molecular formula is C13H28N2O2. The molecule has 0 aromatic rings. The van der Waals surface area contributed by atoms with E-state index >= 15 is 0 Å². The van der Waals surface area contributed by atoms with Gasteiger partial charge < -0.3 is 20.1 Å². The molecule has 1 aliphatic carbocycles. The highest BCUT2D eigenvalue weighted by molar-refractivity contribution is 4.79. The second-order valence-electron chi connectivity index (χ2n) is 5.06. The van der Waals surface area contributed by atoms with Crippen LogP contribution in [0.4, 0.5) is 0 Å². The van der Waals surface area contributed by atoms with E-state index in [1.165, 1.54) is 19.3 Å². The van der Waals surface area contributed by atoms with Crippen LogP contribution in [0.2, 0.25) is 0 Å². The number of hydrogen-bond donors (Lipinski definition) is 2. The van der Waals surface area contributed by atoms with Crippen LogP contribution in [-0.2, 0) is 4.74 Å². The molecule has 0 bridgehead atoms. The molecule has 2 unspecified atom stereocenters. The molecule has 0 saturated heterocycles. The first-order valence-corrected chi connectivity index (χ1v) is 6.83. The maximum absolute atomic E-state index is 9.96. The average Bonchev–Trinajstić information content (AvgIpc) is 2.52. The Morgan fingerprint density at radius 2 is 2.00 bits per heavy atom. The number of nitrogens with one attached hydrogen (secondary N) is 1. The summed E-state index contributed by atoms with van der Waals surface area (Å²) in [6.07, 6.45) is 5.60. The van der Waals surface area contributed by atoms with Crippen LogP contribution in [0.5, 0.6) is 0 Å². The fourth-order valence-corrected chi connectivity index (χ4v) is 2.33. The first kappa shape index (κ1) is 14.9. The van der Waals surface area contributed by atoms with Crippen molar-refractivity contribution in [2.24, 2.45) is 0 Å². The summed E-state index contributed by atoms with van der Waals surface area (Å²) in [5.74, 6) is 0. The van der Waals surface area contributed by atoms with Gasteiger partial charge in [0.25, 0.3) is 0 Å². The lowest BCUT2D eigenvalue weighted by atomic mass is 10.1. The molecule has 0 heterocycles. The summed E-state index contributed by atoms with van der Waals surface area (Å²) in [7, 11) is 3.83. The third-order valence-corrected chi connectivity index (χ3v) is 3.56. The topological polar surface area (TPSA) is 44.7 Å². The predicted molar refractivity (Wildman–Crippen MR) is 70.3 cm³/mol. The van der Waals surface area contributed by atoms with Crippen LogP contribution in [0.3, 0.4) is 0 Å². The van der Waals surface area contributed by atoms with Crippen molar-refractivity contribution in [1.82, 2.24) is 10.2 Å². The van der Waals surface area contributed by atoms with Crippen LogP contribution < -0.4 is 5.32 Å². The highest BCUT2D eigenvalue weighted by Gasteiger charge is 2.20. The van der Waals surface area contributed by atoms with Crippen LogP contribution in [0.25, 0.3) is 0 Å². The van der Waals surface area contributed by atoms with E-state index in [0.717, 1.165) is 39.1 Å². The average molecular weight is 244 g/mol. The third-order valence-electron chi connectivity index (χ3n) is 3.56. The normalized spacial score (nSPS) is 26.1. The Bertz CT molecular complexity index is 190. The predicted octanol–water partition coefficient (Wildman–Crippen LogP) is 0.848. The number of ether oxygens (including phenoxy) is 1. The molecule has 0 aliphatic heterocycles. The van der Waals surface area contributed by atoms with Crippen molar-refractivity contribution < 1.29 is 9.84 Å². The number of likely N-dealkylation sites (N-methyl/N-ethyl adjacent to an activating group) is 1. The van der Waals surface area contributed by atoms with E-state index in [0.29, 0.717) is 6.04 Å². The van der Waals surface area contributed by atoms with E-state index in [-0.39, 0.29) is 6.10 Å². The molecule has 4 heteroatoms. The Morgan fingerprint density at radius 3 is 2.76 bits per heavy atom. The molecule has 0 radical (unpaired) electrons. The Hall–Kier alpha value is -0.160. The third kappa shape index (κ3) is 6.36. The highest BCUT2D eigenvalue weighted by atomic mass is 16.5. The Morgan fingerprint density at radius 1 is 1.24 bits per heavy atom. The number of methoxy groups -OCH3 is 1. The van der Waals surface area contributed by atoms with Crippen molar-refractivity contribution in [1.29, 1.82) is 0 Å². The van der Waals surface area contributed by atoms with Gasteiger partial charge in [0.1, 0.15) is 0 Å². The fraction of sp³-hybridized carbons (Fsp3) is 1.00. The Kier molecular flexibility index (Phi) is 7.77. The van der Waals surface area contributed by atoms with E-state index in [1.807, 2.05) is 0 Å². The van der Waals surface area contributed by atoms with Gasteiger partial charge in [-0.15, -0.1) is 0 Å². The Balaban J connectivity index is 2.11. The molecule has 4 nitrogen and oxygen atoms in total. The minimum Gasteiger partial charge on any atom is -0.392 e. The number of rotatable bonds is 7. The highest BCUT2D eigenvalue weighted by Crippen LogP contribution is 2.17. The van der Waals surface area contributed by atoms with E-state index in [9.17, 15) is 5.11 Å². The van der Waals surface area contributed by atoms with Crippen molar-refractivity contribution in [3.8, 4) is 0 Å². The molecule has 0 amide bonds. The maximum Gasteiger partial charge on any atom is 0.0693 e. The van der Waals surface area contributed by atoms with Crippen LogP contribution in [0.15, 0.2) is 0 Å². The minimum absolute atomic E-state index is 0.151. The minimum atomic E-state index is -0.151. The van der Waals surface area contributed by atoms with Crippen LogP contribution in [0.1, 0.15) is 32.1 Å². The van der Waals surface area contributed by atoms with Gasteiger partial charge in [0.15, 0.2) is 0 Å².